The van der Waals surface area contributed by atoms with Gasteiger partial charge in [0.25, 0.3) is 5.91 Å². The molecular weight excluding hydrogens is 264 g/mol. The van der Waals surface area contributed by atoms with Crippen LogP contribution in [0, 0.1) is 0 Å². The third-order valence-electron chi connectivity index (χ3n) is 2.69. The smallest absolute Gasteiger partial charge is 0.255 e. The van der Waals surface area contributed by atoms with Gasteiger partial charge in [-0.2, -0.15) is 0 Å². The molecule has 6 heteroatoms. The maximum atomic E-state index is 12.1. The summed E-state index contributed by atoms with van der Waals surface area (Å²) < 4.78 is 0. The van der Waals surface area contributed by atoms with Gasteiger partial charge in [0, 0.05) is 11.6 Å². The van der Waals surface area contributed by atoms with E-state index in [0.29, 0.717) is 6.42 Å². The maximum Gasteiger partial charge on any atom is 0.255 e. The third-order valence-corrected chi connectivity index (χ3v) is 3.58. The molecule has 1 heterocycles. The van der Waals surface area contributed by atoms with E-state index in [4.69, 9.17) is 0 Å². The number of rotatable bonds is 4. The molecule has 2 aromatic rings. The number of phenolic OH excluding ortho intramolecular Hbond substituents is 2. The SMILES string of the molecule is CCC(NC(=O)c1cc(O)ccc1O)c1nccs1. The Morgan fingerprint density at radius 3 is 2.89 bits per heavy atom. The van der Waals surface area contributed by atoms with Crippen molar-refractivity contribution in [2.24, 2.45) is 0 Å². The Labute approximate surface area is 114 Å². The van der Waals surface area contributed by atoms with Crippen molar-refractivity contribution >= 4 is 17.2 Å². The van der Waals surface area contributed by atoms with Crippen molar-refractivity contribution in [1.29, 1.82) is 0 Å². The van der Waals surface area contributed by atoms with Crippen LogP contribution in [0.25, 0.3) is 0 Å². The lowest BCUT2D eigenvalue weighted by molar-refractivity contribution is 0.0932. The molecule has 1 unspecified atom stereocenters. The number of nitrogens with zero attached hydrogens (tertiary/aromatic N) is 1. The standard InChI is InChI=1S/C13H14N2O3S/c1-2-10(13-14-5-6-19-13)15-12(18)9-7-8(16)3-4-11(9)17/h3-7,10,16-17H,2H2,1H3,(H,15,18). The zero-order chi connectivity index (χ0) is 13.8. The molecule has 0 saturated heterocycles. The van der Waals surface area contributed by atoms with Crippen LogP contribution in [0.1, 0.15) is 34.8 Å². The van der Waals surface area contributed by atoms with Crippen molar-refractivity contribution in [1.82, 2.24) is 10.3 Å². The quantitative estimate of drug-likeness (QED) is 0.750. The molecule has 0 bridgehead atoms. The number of nitrogens with one attached hydrogen (secondary N) is 1. The number of amides is 1. The number of carbonyl (C=O) groups excluding carboxylic acids is 1. The van der Waals surface area contributed by atoms with Crippen molar-refractivity contribution in [2.45, 2.75) is 19.4 Å². The van der Waals surface area contributed by atoms with Crippen LogP contribution in [0.4, 0.5) is 0 Å². The van der Waals surface area contributed by atoms with Gasteiger partial charge >= 0.3 is 0 Å². The Morgan fingerprint density at radius 2 is 2.26 bits per heavy atom. The fourth-order valence-corrected chi connectivity index (χ4v) is 2.46. The molecule has 0 radical (unpaired) electrons. The zero-order valence-corrected chi connectivity index (χ0v) is 11.1. The third kappa shape index (κ3) is 3.03. The molecule has 19 heavy (non-hydrogen) atoms. The average molecular weight is 278 g/mol. The van der Waals surface area contributed by atoms with Gasteiger partial charge in [0.2, 0.25) is 0 Å². The summed E-state index contributed by atoms with van der Waals surface area (Å²) in [5.41, 5.74) is 0.0509. The molecule has 1 aromatic heterocycles. The molecule has 5 nitrogen and oxygen atoms in total. The van der Waals surface area contributed by atoms with Crippen molar-refractivity contribution < 1.29 is 15.0 Å². The number of hydrogen-bond donors (Lipinski definition) is 3. The Balaban J connectivity index is 2.18. The van der Waals surface area contributed by atoms with Gasteiger partial charge in [-0.1, -0.05) is 6.92 Å². The molecule has 0 fully saturated rings. The zero-order valence-electron chi connectivity index (χ0n) is 10.3. The van der Waals surface area contributed by atoms with Gasteiger partial charge < -0.3 is 15.5 Å². The van der Waals surface area contributed by atoms with Gasteiger partial charge in [0.05, 0.1) is 11.6 Å². The van der Waals surface area contributed by atoms with E-state index in [1.165, 1.54) is 29.5 Å². The molecule has 0 aliphatic rings. The second-order valence-electron chi connectivity index (χ2n) is 4.01. The number of aromatic hydroxyl groups is 2. The molecule has 2 rings (SSSR count). The van der Waals surface area contributed by atoms with Crippen LogP contribution in [-0.2, 0) is 0 Å². The molecule has 0 saturated carbocycles. The van der Waals surface area contributed by atoms with E-state index in [0.717, 1.165) is 5.01 Å². The topological polar surface area (TPSA) is 82.5 Å². The van der Waals surface area contributed by atoms with Crippen LogP contribution >= 0.6 is 11.3 Å². The minimum atomic E-state index is -0.435. The number of hydrogen-bond acceptors (Lipinski definition) is 5. The lowest BCUT2D eigenvalue weighted by Gasteiger charge is -2.15. The van der Waals surface area contributed by atoms with Crippen molar-refractivity contribution in [3.63, 3.8) is 0 Å². The lowest BCUT2D eigenvalue weighted by atomic mass is 10.1. The van der Waals surface area contributed by atoms with Crippen LogP contribution < -0.4 is 5.32 Å². The summed E-state index contributed by atoms with van der Waals surface area (Å²) in [6.45, 7) is 1.94. The molecule has 0 aliphatic heterocycles. The number of aromatic nitrogens is 1. The number of phenols is 2. The summed E-state index contributed by atoms with van der Waals surface area (Å²) in [4.78, 5) is 16.2. The van der Waals surface area contributed by atoms with Gasteiger partial charge in [0.15, 0.2) is 0 Å². The van der Waals surface area contributed by atoms with E-state index in [9.17, 15) is 15.0 Å². The monoisotopic (exact) mass is 278 g/mol. The van der Waals surface area contributed by atoms with Crippen molar-refractivity contribution in [3.05, 3.63) is 40.3 Å². The lowest BCUT2D eigenvalue weighted by Crippen LogP contribution is -2.28. The van der Waals surface area contributed by atoms with E-state index >= 15 is 0 Å². The van der Waals surface area contributed by atoms with Crippen LogP contribution in [0.5, 0.6) is 11.5 Å². The minimum Gasteiger partial charge on any atom is -0.508 e. The molecular formula is C13H14N2O3S. The summed E-state index contributed by atoms with van der Waals surface area (Å²) in [7, 11) is 0. The van der Waals surface area contributed by atoms with E-state index in [-0.39, 0.29) is 23.1 Å². The van der Waals surface area contributed by atoms with Crippen molar-refractivity contribution in [3.8, 4) is 11.5 Å². The summed E-state index contributed by atoms with van der Waals surface area (Å²) in [5, 5.41) is 24.4. The average Bonchev–Trinajstić information content (AvgIpc) is 2.92. The van der Waals surface area contributed by atoms with Gasteiger partial charge in [0.1, 0.15) is 16.5 Å². The largest absolute Gasteiger partial charge is 0.508 e. The van der Waals surface area contributed by atoms with Gasteiger partial charge in [-0.3, -0.25) is 4.79 Å². The first kappa shape index (κ1) is 13.4. The summed E-state index contributed by atoms with van der Waals surface area (Å²) in [6.07, 6.45) is 2.37. The Kier molecular flexibility index (Phi) is 4.01. The summed E-state index contributed by atoms with van der Waals surface area (Å²) in [5.74, 6) is -0.662. The van der Waals surface area contributed by atoms with Gasteiger partial charge in [-0.05, 0) is 24.6 Å². The highest BCUT2D eigenvalue weighted by Crippen LogP contribution is 2.24. The first-order valence-electron chi connectivity index (χ1n) is 5.84. The van der Waals surface area contributed by atoms with Gasteiger partial charge in [-0.15, -0.1) is 11.3 Å². The van der Waals surface area contributed by atoms with E-state index in [1.54, 1.807) is 6.20 Å². The van der Waals surface area contributed by atoms with E-state index < -0.39 is 5.91 Å². The predicted molar refractivity (Wildman–Crippen MR) is 72.4 cm³/mol. The Morgan fingerprint density at radius 1 is 1.47 bits per heavy atom. The highest BCUT2D eigenvalue weighted by atomic mass is 32.1. The maximum absolute atomic E-state index is 12.1. The molecule has 1 amide bonds. The summed E-state index contributed by atoms with van der Waals surface area (Å²) in [6, 6.07) is 3.65. The minimum absolute atomic E-state index is 0.0509. The Hall–Kier alpha value is -2.08. The highest BCUT2D eigenvalue weighted by Gasteiger charge is 2.18. The van der Waals surface area contributed by atoms with E-state index in [2.05, 4.69) is 10.3 Å². The molecule has 0 aliphatic carbocycles. The normalized spacial score (nSPS) is 12.1. The molecule has 1 aromatic carbocycles. The first-order valence-corrected chi connectivity index (χ1v) is 6.72. The van der Waals surface area contributed by atoms with E-state index in [1.807, 2.05) is 12.3 Å². The molecule has 1 atom stereocenters. The van der Waals surface area contributed by atoms with Crippen molar-refractivity contribution in [2.75, 3.05) is 0 Å². The number of benzene rings is 1. The van der Waals surface area contributed by atoms with Crippen LogP contribution in [-0.4, -0.2) is 21.1 Å². The first-order chi connectivity index (χ1) is 9.11. The van der Waals surface area contributed by atoms with Crippen LogP contribution in [0.15, 0.2) is 29.8 Å². The Bertz CT molecular complexity index is 569. The summed E-state index contributed by atoms with van der Waals surface area (Å²) >= 11 is 1.46. The van der Waals surface area contributed by atoms with Gasteiger partial charge in [-0.25, -0.2) is 4.98 Å². The second kappa shape index (κ2) is 5.71. The second-order valence-corrected chi connectivity index (χ2v) is 4.93. The van der Waals surface area contributed by atoms with Crippen LogP contribution in [0.3, 0.4) is 0 Å². The molecule has 100 valence electrons. The molecule has 3 N–H and O–H groups in total. The molecule has 0 spiro atoms. The fourth-order valence-electron chi connectivity index (χ4n) is 1.69. The van der Waals surface area contributed by atoms with Crippen LogP contribution in [0.2, 0.25) is 0 Å². The highest BCUT2D eigenvalue weighted by molar-refractivity contribution is 7.09. The predicted octanol–water partition coefficient (Wildman–Crippen LogP) is 2.44. The fraction of sp³-hybridized carbons (Fsp3) is 0.231. The number of carbonyl (C=O) groups is 1. The number of thiazole rings is 1.